The Morgan fingerprint density at radius 3 is 2.42 bits per heavy atom. The summed E-state index contributed by atoms with van der Waals surface area (Å²) in [5, 5.41) is 0.740. The zero-order valence-electron chi connectivity index (χ0n) is 17.0. The van der Waals surface area contributed by atoms with Crippen molar-refractivity contribution in [3.05, 3.63) is 64.7 Å². The standard InChI is InChI=1S/C23H22F2N4OS/c1-14(20-26-18-12-6-7-13-19(18)29(20)22(24)25)31-23-27-17-11-5-4-10-16(17)21(30)28(23)15-8-2-3-9-15/h4-7,10-15,22H,2-3,8-9H2,1H3/t14-/m1/s1. The van der Waals surface area contributed by atoms with E-state index in [9.17, 15) is 13.6 Å². The van der Waals surface area contributed by atoms with Crippen molar-refractivity contribution in [2.24, 2.45) is 0 Å². The quantitative estimate of drug-likeness (QED) is 0.278. The number of alkyl halides is 2. The molecule has 0 unspecified atom stereocenters. The topological polar surface area (TPSA) is 52.7 Å². The molecule has 1 aliphatic rings. The number of hydrogen-bond donors (Lipinski definition) is 0. The van der Waals surface area contributed by atoms with Crippen LogP contribution in [0, 0.1) is 0 Å². The van der Waals surface area contributed by atoms with Crippen LogP contribution in [0.15, 0.2) is 58.5 Å². The first-order valence-corrected chi connectivity index (χ1v) is 11.4. The third-order valence-electron chi connectivity index (χ3n) is 5.93. The molecule has 2 aromatic heterocycles. The molecule has 8 heteroatoms. The second kappa shape index (κ2) is 8.07. The summed E-state index contributed by atoms with van der Waals surface area (Å²) in [5.41, 5.74) is 1.50. The zero-order valence-corrected chi connectivity index (χ0v) is 17.9. The maximum atomic E-state index is 13.9. The number of halogens is 2. The summed E-state index contributed by atoms with van der Waals surface area (Å²) in [6, 6.07) is 14.3. The second-order valence-electron chi connectivity index (χ2n) is 7.89. The molecular formula is C23H22F2N4OS. The van der Waals surface area contributed by atoms with Crippen molar-refractivity contribution in [3.63, 3.8) is 0 Å². The number of para-hydroxylation sites is 3. The van der Waals surface area contributed by atoms with Gasteiger partial charge in [-0.25, -0.2) is 9.97 Å². The van der Waals surface area contributed by atoms with Crippen molar-refractivity contribution >= 4 is 33.7 Å². The molecule has 0 saturated heterocycles. The molecular weight excluding hydrogens is 418 g/mol. The van der Waals surface area contributed by atoms with Gasteiger partial charge < -0.3 is 0 Å². The van der Waals surface area contributed by atoms with Gasteiger partial charge in [-0.05, 0) is 44.0 Å². The molecule has 1 aliphatic carbocycles. The average Bonchev–Trinajstić information content (AvgIpc) is 3.42. The largest absolute Gasteiger partial charge is 0.320 e. The Labute approximate surface area is 182 Å². The lowest BCUT2D eigenvalue weighted by atomic mass is 10.2. The number of benzene rings is 2. The number of nitrogens with zero attached hydrogens (tertiary/aromatic N) is 4. The highest BCUT2D eigenvalue weighted by Crippen LogP contribution is 2.39. The predicted molar refractivity (Wildman–Crippen MR) is 119 cm³/mol. The van der Waals surface area contributed by atoms with Gasteiger partial charge in [-0.15, -0.1) is 0 Å². The van der Waals surface area contributed by atoms with E-state index in [1.54, 1.807) is 34.9 Å². The van der Waals surface area contributed by atoms with Gasteiger partial charge in [0.05, 0.1) is 27.2 Å². The third kappa shape index (κ3) is 3.52. The summed E-state index contributed by atoms with van der Waals surface area (Å²) in [7, 11) is 0. The van der Waals surface area contributed by atoms with Crippen molar-refractivity contribution in [1.82, 2.24) is 19.1 Å². The minimum Gasteiger partial charge on any atom is -0.284 e. The van der Waals surface area contributed by atoms with E-state index < -0.39 is 11.8 Å². The average molecular weight is 441 g/mol. The monoisotopic (exact) mass is 440 g/mol. The van der Waals surface area contributed by atoms with Crippen LogP contribution in [0.25, 0.3) is 21.9 Å². The molecule has 0 radical (unpaired) electrons. The van der Waals surface area contributed by atoms with Gasteiger partial charge in [0, 0.05) is 6.04 Å². The first-order chi connectivity index (χ1) is 15.0. The normalized spacial score (nSPS) is 16.0. The summed E-state index contributed by atoms with van der Waals surface area (Å²) < 4.78 is 30.6. The molecule has 31 heavy (non-hydrogen) atoms. The van der Waals surface area contributed by atoms with E-state index >= 15 is 0 Å². The van der Waals surface area contributed by atoms with Gasteiger partial charge in [0.1, 0.15) is 5.82 Å². The van der Waals surface area contributed by atoms with Crippen LogP contribution in [-0.4, -0.2) is 19.1 Å². The van der Waals surface area contributed by atoms with Gasteiger partial charge >= 0.3 is 6.55 Å². The first-order valence-electron chi connectivity index (χ1n) is 10.5. The molecule has 0 amide bonds. The smallest absolute Gasteiger partial charge is 0.284 e. The van der Waals surface area contributed by atoms with Crippen molar-refractivity contribution in [1.29, 1.82) is 0 Å². The number of rotatable bonds is 5. The van der Waals surface area contributed by atoms with Crippen LogP contribution < -0.4 is 5.56 Å². The lowest BCUT2D eigenvalue weighted by molar-refractivity contribution is 0.0715. The van der Waals surface area contributed by atoms with E-state index in [4.69, 9.17) is 4.98 Å². The van der Waals surface area contributed by atoms with Crippen LogP contribution >= 0.6 is 11.8 Å². The SMILES string of the molecule is C[C@@H](Sc1nc2ccccc2c(=O)n1C1CCCC1)c1nc2ccccc2n1C(F)F. The molecule has 1 fully saturated rings. The number of imidazole rings is 1. The second-order valence-corrected chi connectivity index (χ2v) is 9.20. The van der Waals surface area contributed by atoms with Crippen molar-refractivity contribution in [2.75, 3.05) is 0 Å². The molecule has 0 aliphatic heterocycles. The summed E-state index contributed by atoms with van der Waals surface area (Å²) >= 11 is 1.32. The molecule has 4 aromatic rings. The Kier molecular flexibility index (Phi) is 5.25. The minimum absolute atomic E-state index is 0.0606. The van der Waals surface area contributed by atoms with Crippen LogP contribution in [-0.2, 0) is 0 Å². The van der Waals surface area contributed by atoms with Crippen LogP contribution in [0.5, 0.6) is 0 Å². The number of fused-ring (bicyclic) bond motifs is 2. The highest BCUT2D eigenvalue weighted by Gasteiger charge is 2.27. The molecule has 0 bridgehead atoms. The van der Waals surface area contributed by atoms with E-state index in [2.05, 4.69) is 4.98 Å². The van der Waals surface area contributed by atoms with Crippen LogP contribution in [0.3, 0.4) is 0 Å². The highest BCUT2D eigenvalue weighted by atomic mass is 32.2. The fourth-order valence-corrected chi connectivity index (χ4v) is 5.54. The van der Waals surface area contributed by atoms with E-state index in [1.807, 2.05) is 25.1 Å². The van der Waals surface area contributed by atoms with Gasteiger partial charge in [-0.1, -0.05) is 48.9 Å². The lowest BCUT2D eigenvalue weighted by Gasteiger charge is -2.21. The maximum absolute atomic E-state index is 13.9. The molecule has 1 atom stereocenters. The predicted octanol–water partition coefficient (Wildman–Crippen LogP) is 6.11. The van der Waals surface area contributed by atoms with Gasteiger partial charge in [-0.2, -0.15) is 8.78 Å². The third-order valence-corrected chi connectivity index (χ3v) is 6.99. The van der Waals surface area contributed by atoms with E-state index in [0.717, 1.165) is 30.3 Å². The Morgan fingerprint density at radius 2 is 1.68 bits per heavy atom. The maximum Gasteiger partial charge on any atom is 0.320 e. The summed E-state index contributed by atoms with van der Waals surface area (Å²) in [4.78, 5) is 22.6. The molecule has 0 spiro atoms. The molecule has 5 nitrogen and oxygen atoms in total. The van der Waals surface area contributed by atoms with Gasteiger partial charge in [0.2, 0.25) is 0 Å². The Morgan fingerprint density at radius 1 is 1.00 bits per heavy atom. The van der Waals surface area contributed by atoms with Gasteiger partial charge in [0.15, 0.2) is 5.16 Å². The molecule has 1 saturated carbocycles. The molecule has 2 aromatic carbocycles. The van der Waals surface area contributed by atoms with Crippen LogP contribution in [0.2, 0.25) is 0 Å². The Bertz CT molecular complexity index is 1310. The van der Waals surface area contributed by atoms with Crippen molar-refractivity contribution < 1.29 is 8.78 Å². The number of hydrogen-bond acceptors (Lipinski definition) is 4. The van der Waals surface area contributed by atoms with Gasteiger partial charge in [0.25, 0.3) is 5.56 Å². The Balaban J connectivity index is 1.62. The van der Waals surface area contributed by atoms with Crippen LogP contribution in [0.4, 0.5) is 8.78 Å². The van der Waals surface area contributed by atoms with E-state index in [-0.39, 0.29) is 17.4 Å². The minimum atomic E-state index is -2.70. The van der Waals surface area contributed by atoms with E-state index in [1.165, 1.54) is 11.8 Å². The molecule has 0 N–H and O–H groups in total. The molecule has 2 heterocycles. The van der Waals surface area contributed by atoms with Crippen molar-refractivity contribution in [3.8, 4) is 0 Å². The summed E-state index contributed by atoms with van der Waals surface area (Å²) in [6.45, 7) is -0.863. The molecule has 160 valence electrons. The summed E-state index contributed by atoms with van der Waals surface area (Å²) in [6.07, 6.45) is 4.00. The lowest BCUT2D eigenvalue weighted by Crippen LogP contribution is -2.26. The Hall–Kier alpha value is -2.74. The highest BCUT2D eigenvalue weighted by molar-refractivity contribution is 7.99. The van der Waals surface area contributed by atoms with Crippen LogP contribution in [0.1, 0.15) is 56.3 Å². The number of aromatic nitrogens is 4. The van der Waals surface area contributed by atoms with E-state index in [0.29, 0.717) is 27.1 Å². The fourth-order valence-electron chi connectivity index (χ4n) is 4.46. The van der Waals surface area contributed by atoms with Gasteiger partial charge in [-0.3, -0.25) is 13.9 Å². The fraction of sp³-hybridized carbons (Fsp3) is 0.348. The number of thioether (sulfide) groups is 1. The van der Waals surface area contributed by atoms with Crippen molar-refractivity contribution in [2.45, 2.75) is 55.6 Å². The molecule has 5 rings (SSSR count). The first kappa shape index (κ1) is 20.2. The summed E-state index contributed by atoms with van der Waals surface area (Å²) in [5.74, 6) is 0.279. The zero-order chi connectivity index (χ0) is 21.5.